The quantitative estimate of drug-likeness (QED) is 0.865. The van der Waals surface area contributed by atoms with Crippen molar-refractivity contribution in [3.8, 4) is 0 Å². The van der Waals surface area contributed by atoms with E-state index in [4.69, 9.17) is 17.3 Å². The van der Waals surface area contributed by atoms with Crippen molar-refractivity contribution in [2.75, 3.05) is 5.73 Å². The normalized spacial score (nSPS) is 10.5. The fourth-order valence-corrected chi connectivity index (χ4v) is 1.52. The van der Waals surface area contributed by atoms with Gasteiger partial charge in [0.05, 0.1) is 11.9 Å². The van der Waals surface area contributed by atoms with E-state index in [-0.39, 0.29) is 0 Å². The molecule has 0 bridgehead atoms. The van der Waals surface area contributed by atoms with E-state index >= 15 is 0 Å². The van der Waals surface area contributed by atoms with Gasteiger partial charge in [-0.25, -0.2) is 0 Å². The molecular weight excluding hydrogens is 210 g/mol. The molecule has 3 nitrogen and oxygen atoms in total. The first-order valence-corrected chi connectivity index (χ1v) is 5.14. The number of aryl methyl sites for hydroxylation is 2. The first-order valence-electron chi connectivity index (χ1n) is 4.76. The van der Waals surface area contributed by atoms with Crippen LogP contribution in [0.5, 0.6) is 0 Å². The van der Waals surface area contributed by atoms with Crippen LogP contribution in [0.2, 0.25) is 5.02 Å². The molecule has 0 atom stereocenters. The molecule has 0 unspecified atom stereocenters. The van der Waals surface area contributed by atoms with Crippen molar-refractivity contribution in [2.45, 2.75) is 13.0 Å². The Bertz CT molecular complexity index is 433. The molecule has 0 fully saturated rings. The van der Waals surface area contributed by atoms with E-state index < -0.39 is 0 Å². The smallest absolute Gasteiger partial charge is 0.0719 e. The van der Waals surface area contributed by atoms with Crippen LogP contribution >= 0.6 is 11.6 Å². The maximum atomic E-state index is 5.80. The molecule has 2 aromatic rings. The van der Waals surface area contributed by atoms with E-state index in [2.05, 4.69) is 5.10 Å². The Labute approximate surface area is 93.5 Å². The lowest BCUT2D eigenvalue weighted by Gasteiger charge is -2.01. The number of nitrogens with two attached hydrogens (primary N) is 1. The van der Waals surface area contributed by atoms with Crippen molar-refractivity contribution in [1.82, 2.24) is 9.78 Å². The molecule has 78 valence electrons. The van der Waals surface area contributed by atoms with Gasteiger partial charge in [-0.15, -0.1) is 0 Å². The zero-order valence-electron chi connectivity index (χ0n) is 8.23. The summed E-state index contributed by atoms with van der Waals surface area (Å²) in [5.41, 5.74) is 7.51. The number of hydrogen-bond acceptors (Lipinski definition) is 2. The van der Waals surface area contributed by atoms with E-state index in [0.29, 0.717) is 5.69 Å². The average molecular weight is 222 g/mol. The first kappa shape index (κ1) is 10.1. The van der Waals surface area contributed by atoms with Crippen LogP contribution in [0.25, 0.3) is 0 Å². The highest BCUT2D eigenvalue weighted by Gasteiger charge is 1.96. The van der Waals surface area contributed by atoms with Crippen LogP contribution in [0.4, 0.5) is 5.69 Å². The van der Waals surface area contributed by atoms with Gasteiger partial charge in [-0.1, -0.05) is 23.7 Å². The third-order valence-electron chi connectivity index (χ3n) is 2.20. The molecule has 4 heteroatoms. The minimum Gasteiger partial charge on any atom is -0.396 e. The predicted molar refractivity (Wildman–Crippen MR) is 61.8 cm³/mol. The number of nitrogens with zero attached hydrogens (tertiary/aromatic N) is 2. The van der Waals surface area contributed by atoms with Gasteiger partial charge in [0.25, 0.3) is 0 Å². The van der Waals surface area contributed by atoms with Crippen LogP contribution in [-0.2, 0) is 13.0 Å². The third kappa shape index (κ3) is 2.73. The molecule has 0 radical (unpaired) electrons. The second-order valence-corrected chi connectivity index (χ2v) is 3.85. The fourth-order valence-electron chi connectivity index (χ4n) is 1.40. The van der Waals surface area contributed by atoms with Gasteiger partial charge < -0.3 is 5.73 Å². The summed E-state index contributed by atoms with van der Waals surface area (Å²) in [5, 5.41) is 4.88. The summed E-state index contributed by atoms with van der Waals surface area (Å²) in [5.74, 6) is 0. The van der Waals surface area contributed by atoms with Crippen molar-refractivity contribution < 1.29 is 0 Å². The Kier molecular flexibility index (Phi) is 2.92. The summed E-state index contributed by atoms with van der Waals surface area (Å²) in [4.78, 5) is 0. The molecule has 0 aliphatic heterocycles. The van der Waals surface area contributed by atoms with E-state index in [1.54, 1.807) is 6.20 Å². The van der Waals surface area contributed by atoms with Gasteiger partial charge in [0, 0.05) is 17.8 Å². The SMILES string of the molecule is Nc1cnn(CCc2ccc(Cl)cc2)c1. The third-order valence-corrected chi connectivity index (χ3v) is 2.45. The van der Waals surface area contributed by atoms with Gasteiger partial charge in [-0.2, -0.15) is 5.10 Å². The molecule has 0 saturated carbocycles. The maximum absolute atomic E-state index is 5.80. The zero-order valence-corrected chi connectivity index (χ0v) is 8.98. The van der Waals surface area contributed by atoms with E-state index in [9.17, 15) is 0 Å². The molecule has 0 spiro atoms. The summed E-state index contributed by atoms with van der Waals surface area (Å²) in [7, 11) is 0. The largest absolute Gasteiger partial charge is 0.396 e. The number of anilines is 1. The van der Waals surface area contributed by atoms with Crippen molar-refractivity contribution in [3.63, 3.8) is 0 Å². The molecule has 0 amide bonds. The topological polar surface area (TPSA) is 43.8 Å². The summed E-state index contributed by atoms with van der Waals surface area (Å²) < 4.78 is 1.84. The van der Waals surface area contributed by atoms with Crippen molar-refractivity contribution in [1.29, 1.82) is 0 Å². The second-order valence-electron chi connectivity index (χ2n) is 3.41. The number of hydrogen-bond donors (Lipinski definition) is 1. The van der Waals surface area contributed by atoms with Gasteiger partial charge in [0.1, 0.15) is 0 Å². The summed E-state index contributed by atoms with van der Waals surface area (Å²) in [6, 6.07) is 7.84. The van der Waals surface area contributed by atoms with Crippen LogP contribution in [0.15, 0.2) is 36.7 Å². The molecular formula is C11H12ClN3. The van der Waals surface area contributed by atoms with Gasteiger partial charge in [-0.3, -0.25) is 4.68 Å². The van der Waals surface area contributed by atoms with Crippen molar-refractivity contribution in [3.05, 3.63) is 47.2 Å². The summed E-state index contributed by atoms with van der Waals surface area (Å²) >= 11 is 5.80. The molecule has 1 aromatic heterocycles. The molecule has 2 rings (SSSR count). The van der Waals surface area contributed by atoms with Gasteiger partial charge in [-0.05, 0) is 24.1 Å². The Morgan fingerprint density at radius 1 is 1.27 bits per heavy atom. The number of nitrogen functional groups attached to an aromatic ring is 1. The molecule has 0 aliphatic rings. The Morgan fingerprint density at radius 3 is 2.60 bits per heavy atom. The first-order chi connectivity index (χ1) is 7.24. The van der Waals surface area contributed by atoms with Gasteiger partial charge in [0.15, 0.2) is 0 Å². The lowest BCUT2D eigenvalue weighted by Crippen LogP contribution is -2.01. The molecule has 0 saturated heterocycles. The highest BCUT2D eigenvalue weighted by atomic mass is 35.5. The van der Waals surface area contributed by atoms with Crippen LogP contribution in [-0.4, -0.2) is 9.78 Å². The van der Waals surface area contributed by atoms with Crippen molar-refractivity contribution in [2.24, 2.45) is 0 Å². The standard InChI is InChI=1S/C11H12ClN3/c12-10-3-1-9(2-4-10)5-6-15-8-11(13)7-14-15/h1-4,7-8H,5-6,13H2. The minimum atomic E-state index is 0.700. The van der Waals surface area contributed by atoms with Crippen molar-refractivity contribution >= 4 is 17.3 Å². The Hall–Kier alpha value is -1.48. The molecule has 2 N–H and O–H groups in total. The number of aromatic nitrogens is 2. The Balaban J connectivity index is 1.96. The van der Waals surface area contributed by atoms with E-state index in [1.165, 1.54) is 5.56 Å². The van der Waals surface area contributed by atoms with Crippen LogP contribution in [0, 0.1) is 0 Å². The Morgan fingerprint density at radius 2 is 2.00 bits per heavy atom. The molecule has 1 heterocycles. The highest BCUT2D eigenvalue weighted by Crippen LogP contribution is 2.10. The summed E-state index contributed by atoms with van der Waals surface area (Å²) in [6.07, 6.45) is 4.41. The lowest BCUT2D eigenvalue weighted by molar-refractivity contribution is 0.615. The average Bonchev–Trinajstić information content (AvgIpc) is 2.64. The van der Waals surface area contributed by atoms with E-state index in [1.807, 2.05) is 35.1 Å². The fraction of sp³-hybridized carbons (Fsp3) is 0.182. The molecule has 15 heavy (non-hydrogen) atoms. The summed E-state index contributed by atoms with van der Waals surface area (Å²) in [6.45, 7) is 0.832. The maximum Gasteiger partial charge on any atom is 0.0719 e. The lowest BCUT2D eigenvalue weighted by atomic mass is 10.1. The predicted octanol–water partition coefficient (Wildman–Crippen LogP) is 2.36. The van der Waals surface area contributed by atoms with Gasteiger partial charge >= 0.3 is 0 Å². The zero-order chi connectivity index (χ0) is 10.7. The monoisotopic (exact) mass is 221 g/mol. The molecule has 1 aromatic carbocycles. The van der Waals surface area contributed by atoms with Gasteiger partial charge in [0.2, 0.25) is 0 Å². The number of benzene rings is 1. The highest BCUT2D eigenvalue weighted by molar-refractivity contribution is 6.30. The molecule has 0 aliphatic carbocycles. The minimum absolute atomic E-state index is 0.700. The number of halogens is 1. The van der Waals surface area contributed by atoms with Crippen LogP contribution in [0.1, 0.15) is 5.56 Å². The van der Waals surface area contributed by atoms with Crippen LogP contribution < -0.4 is 5.73 Å². The number of rotatable bonds is 3. The van der Waals surface area contributed by atoms with Crippen LogP contribution in [0.3, 0.4) is 0 Å². The second kappa shape index (κ2) is 4.36. The van der Waals surface area contributed by atoms with E-state index in [0.717, 1.165) is 18.0 Å².